The Kier molecular flexibility index (Phi) is 4.99. The molecule has 0 N–H and O–H groups in total. The Morgan fingerprint density at radius 2 is 1.87 bits per heavy atom. The largest absolute Gasteiger partial charge is 0.379 e. The van der Waals surface area contributed by atoms with Crippen LogP contribution in [0.4, 0.5) is 0 Å². The van der Waals surface area contributed by atoms with Gasteiger partial charge in [0.05, 0.1) is 13.2 Å². The zero-order valence-electron chi connectivity index (χ0n) is 14.4. The Hall–Kier alpha value is -1.43. The summed E-state index contributed by atoms with van der Waals surface area (Å²) in [6.45, 7) is 7.36. The van der Waals surface area contributed by atoms with Gasteiger partial charge < -0.3 is 9.64 Å². The van der Waals surface area contributed by atoms with E-state index in [9.17, 15) is 4.79 Å². The number of nitrogens with zero attached hydrogens (tertiary/aromatic N) is 3. The van der Waals surface area contributed by atoms with Crippen molar-refractivity contribution in [1.82, 2.24) is 14.7 Å². The zero-order chi connectivity index (χ0) is 16.4. The molecule has 1 atom stereocenters. The number of likely N-dealkylation sites (N-methyl/N-ethyl adjacent to an activating group) is 1. The van der Waals surface area contributed by atoms with Crippen LogP contribution in [0.5, 0.6) is 0 Å². The Morgan fingerprint density at radius 3 is 2.48 bits per heavy atom. The summed E-state index contributed by atoms with van der Waals surface area (Å²) >= 11 is 0. The number of morpholine rings is 1. The molecule has 2 fully saturated rings. The van der Waals surface area contributed by atoms with Crippen LogP contribution in [0.3, 0.4) is 0 Å². The average molecular weight is 317 g/mol. The summed E-state index contributed by atoms with van der Waals surface area (Å²) in [5.74, 6) is 0.216. The lowest BCUT2D eigenvalue weighted by molar-refractivity contribution is -0.145. The number of benzene rings is 1. The predicted molar refractivity (Wildman–Crippen MR) is 90.4 cm³/mol. The molecule has 0 aromatic heterocycles. The molecule has 2 saturated heterocycles. The van der Waals surface area contributed by atoms with Gasteiger partial charge in [-0.1, -0.05) is 24.3 Å². The van der Waals surface area contributed by atoms with Crippen LogP contribution in [0.2, 0.25) is 0 Å². The highest BCUT2D eigenvalue weighted by Crippen LogP contribution is 2.27. The summed E-state index contributed by atoms with van der Waals surface area (Å²) in [7, 11) is 3.96. The molecule has 23 heavy (non-hydrogen) atoms. The van der Waals surface area contributed by atoms with Crippen LogP contribution < -0.4 is 0 Å². The molecule has 1 aromatic rings. The molecule has 3 rings (SSSR count). The Balaban J connectivity index is 1.65. The maximum atomic E-state index is 13.0. The van der Waals surface area contributed by atoms with Crippen LogP contribution in [0, 0.1) is 6.92 Å². The first-order chi connectivity index (χ1) is 11.1. The molecule has 0 saturated carbocycles. The highest BCUT2D eigenvalue weighted by molar-refractivity contribution is 5.84. The van der Waals surface area contributed by atoms with E-state index in [1.165, 1.54) is 5.56 Å². The SMILES string of the molecule is Cc1ccccc1[C@@H](C(=O)N1CC(N2CCOCC2)C1)N(C)C. The zero-order valence-corrected chi connectivity index (χ0v) is 14.4. The van der Waals surface area contributed by atoms with Gasteiger partial charge in [-0.05, 0) is 32.1 Å². The van der Waals surface area contributed by atoms with Crippen molar-refractivity contribution < 1.29 is 9.53 Å². The Bertz CT molecular complexity index is 549. The van der Waals surface area contributed by atoms with Crippen molar-refractivity contribution in [1.29, 1.82) is 0 Å². The smallest absolute Gasteiger partial charge is 0.244 e. The minimum Gasteiger partial charge on any atom is -0.379 e. The molecule has 2 aliphatic heterocycles. The summed E-state index contributed by atoms with van der Waals surface area (Å²) in [6, 6.07) is 8.49. The van der Waals surface area contributed by atoms with Gasteiger partial charge >= 0.3 is 0 Å². The van der Waals surface area contributed by atoms with Gasteiger partial charge in [-0.2, -0.15) is 0 Å². The van der Waals surface area contributed by atoms with Crippen molar-refractivity contribution >= 4 is 5.91 Å². The summed E-state index contributed by atoms with van der Waals surface area (Å²) in [4.78, 5) is 19.5. The summed E-state index contributed by atoms with van der Waals surface area (Å²) in [6.07, 6.45) is 0. The van der Waals surface area contributed by atoms with Gasteiger partial charge in [-0.25, -0.2) is 0 Å². The first-order valence-electron chi connectivity index (χ1n) is 8.40. The third-order valence-electron chi connectivity index (χ3n) is 4.97. The normalized spacial score (nSPS) is 21.3. The second kappa shape index (κ2) is 6.99. The van der Waals surface area contributed by atoms with Gasteiger partial charge in [0, 0.05) is 32.2 Å². The highest BCUT2D eigenvalue weighted by atomic mass is 16.5. The number of amides is 1. The first kappa shape index (κ1) is 16.4. The Morgan fingerprint density at radius 1 is 1.22 bits per heavy atom. The molecule has 0 unspecified atom stereocenters. The number of carbonyl (C=O) groups excluding carboxylic acids is 1. The molecule has 0 aliphatic carbocycles. The van der Waals surface area contributed by atoms with E-state index in [-0.39, 0.29) is 11.9 Å². The number of hydrogen-bond acceptors (Lipinski definition) is 4. The highest BCUT2D eigenvalue weighted by Gasteiger charge is 2.39. The summed E-state index contributed by atoms with van der Waals surface area (Å²) in [5, 5.41) is 0. The minimum absolute atomic E-state index is 0.193. The maximum absolute atomic E-state index is 13.0. The maximum Gasteiger partial charge on any atom is 0.244 e. The third kappa shape index (κ3) is 3.42. The van der Waals surface area contributed by atoms with Crippen molar-refractivity contribution in [2.24, 2.45) is 0 Å². The van der Waals surface area contributed by atoms with E-state index >= 15 is 0 Å². The van der Waals surface area contributed by atoms with E-state index in [1.54, 1.807) is 0 Å². The monoisotopic (exact) mass is 317 g/mol. The van der Waals surface area contributed by atoms with Gasteiger partial charge in [0.15, 0.2) is 0 Å². The van der Waals surface area contributed by atoms with E-state index in [0.717, 1.165) is 45.0 Å². The lowest BCUT2D eigenvalue weighted by Gasteiger charge is -2.48. The second-order valence-corrected chi connectivity index (χ2v) is 6.77. The lowest BCUT2D eigenvalue weighted by atomic mass is 9.97. The number of hydrogen-bond donors (Lipinski definition) is 0. The van der Waals surface area contributed by atoms with Gasteiger partial charge in [-0.3, -0.25) is 14.6 Å². The number of aryl methyl sites for hydroxylation is 1. The number of ether oxygens (including phenoxy) is 1. The van der Waals surface area contributed by atoms with Gasteiger partial charge in [0.25, 0.3) is 0 Å². The van der Waals surface area contributed by atoms with Crippen LogP contribution in [0.15, 0.2) is 24.3 Å². The van der Waals surface area contributed by atoms with Crippen LogP contribution in [0.25, 0.3) is 0 Å². The van der Waals surface area contributed by atoms with E-state index in [2.05, 4.69) is 24.0 Å². The predicted octanol–water partition coefficient (Wildman–Crippen LogP) is 1.14. The summed E-state index contributed by atoms with van der Waals surface area (Å²) < 4.78 is 5.40. The van der Waals surface area contributed by atoms with Crippen LogP contribution >= 0.6 is 0 Å². The van der Waals surface area contributed by atoms with Gasteiger partial charge in [-0.15, -0.1) is 0 Å². The molecule has 126 valence electrons. The van der Waals surface area contributed by atoms with Crippen LogP contribution in [-0.4, -0.2) is 80.1 Å². The van der Waals surface area contributed by atoms with Crippen molar-refractivity contribution in [3.05, 3.63) is 35.4 Å². The molecule has 5 nitrogen and oxygen atoms in total. The van der Waals surface area contributed by atoms with Crippen LogP contribution in [0.1, 0.15) is 17.2 Å². The van der Waals surface area contributed by atoms with Crippen molar-refractivity contribution in [3.8, 4) is 0 Å². The number of likely N-dealkylation sites (tertiary alicyclic amines) is 1. The summed E-state index contributed by atoms with van der Waals surface area (Å²) in [5.41, 5.74) is 2.28. The molecule has 2 heterocycles. The standard InChI is InChI=1S/C18H27N3O2/c1-14-6-4-5-7-16(14)17(19(2)3)18(22)21-12-15(13-21)20-8-10-23-11-9-20/h4-7,15,17H,8-13H2,1-3H3/t17-/m0/s1. The molecular weight excluding hydrogens is 290 g/mol. The second-order valence-electron chi connectivity index (χ2n) is 6.77. The fourth-order valence-corrected chi connectivity index (χ4v) is 3.51. The molecule has 5 heteroatoms. The first-order valence-corrected chi connectivity index (χ1v) is 8.40. The molecule has 0 bridgehead atoms. The molecule has 0 radical (unpaired) electrons. The topological polar surface area (TPSA) is 36.0 Å². The average Bonchev–Trinajstić information content (AvgIpc) is 2.49. The molecular formula is C18H27N3O2. The molecule has 0 spiro atoms. The van der Waals surface area contributed by atoms with Crippen molar-refractivity contribution in [3.63, 3.8) is 0 Å². The van der Waals surface area contributed by atoms with E-state index in [1.807, 2.05) is 36.0 Å². The van der Waals surface area contributed by atoms with Crippen LogP contribution in [-0.2, 0) is 9.53 Å². The van der Waals surface area contributed by atoms with E-state index in [0.29, 0.717) is 6.04 Å². The lowest BCUT2D eigenvalue weighted by Crippen LogP contribution is -2.64. The fraction of sp³-hybridized carbons (Fsp3) is 0.611. The quantitative estimate of drug-likeness (QED) is 0.834. The van der Waals surface area contributed by atoms with Gasteiger partial charge in [0.1, 0.15) is 6.04 Å². The minimum atomic E-state index is -0.193. The third-order valence-corrected chi connectivity index (χ3v) is 4.97. The van der Waals surface area contributed by atoms with Crippen molar-refractivity contribution in [2.45, 2.75) is 19.0 Å². The van der Waals surface area contributed by atoms with E-state index < -0.39 is 0 Å². The fourth-order valence-electron chi connectivity index (χ4n) is 3.51. The number of carbonyl (C=O) groups is 1. The molecule has 1 amide bonds. The van der Waals surface area contributed by atoms with Crippen molar-refractivity contribution in [2.75, 3.05) is 53.5 Å². The molecule has 2 aliphatic rings. The molecule has 1 aromatic carbocycles. The number of rotatable bonds is 4. The Labute approximate surface area is 138 Å². The van der Waals surface area contributed by atoms with E-state index in [4.69, 9.17) is 4.74 Å². The van der Waals surface area contributed by atoms with Gasteiger partial charge in [0.2, 0.25) is 5.91 Å².